The fraction of sp³-hybridized carbons (Fsp3) is 0.214. The van der Waals surface area contributed by atoms with Gasteiger partial charge in [-0.15, -0.1) is 0 Å². The summed E-state index contributed by atoms with van der Waals surface area (Å²) in [5.41, 5.74) is 0.345. The Labute approximate surface area is 109 Å². The van der Waals surface area contributed by atoms with Gasteiger partial charge in [0.2, 0.25) is 0 Å². The number of alkyl halides is 3. The Balaban J connectivity index is 2.28. The molecule has 0 fully saturated rings. The van der Waals surface area contributed by atoms with Gasteiger partial charge in [0.1, 0.15) is 5.82 Å². The van der Waals surface area contributed by atoms with Crippen LogP contribution in [0.2, 0.25) is 0 Å². The zero-order chi connectivity index (χ0) is 13.9. The van der Waals surface area contributed by atoms with E-state index >= 15 is 0 Å². The van der Waals surface area contributed by atoms with Gasteiger partial charge in [-0.2, -0.15) is 13.2 Å². The second kappa shape index (κ2) is 5.30. The maximum atomic E-state index is 12.8. The molecule has 0 aliphatic heterocycles. The first-order valence-corrected chi connectivity index (χ1v) is 5.89. The van der Waals surface area contributed by atoms with Crippen molar-refractivity contribution in [2.45, 2.75) is 19.5 Å². The van der Waals surface area contributed by atoms with Crippen LogP contribution in [0.4, 0.5) is 24.7 Å². The lowest BCUT2D eigenvalue weighted by Gasteiger charge is -2.13. The van der Waals surface area contributed by atoms with E-state index in [1.54, 1.807) is 18.3 Å². The van der Waals surface area contributed by atoms with Gasteiger partial charge < -0.3 is 5.32 Å². The maximum Gasteiger partial charge on any atom is 0.418 e. The Morgan fingerprint density at radius 3 is 2.42 bits per heavy atom. The first-order chi connectivity index (χ1) is 9.00. The van der Waals surface area contributed by atoms with Crippen molar-refractivity contribution < 1.29 is 13.2 Å². The zero-order valence-corrected chi connectivity index (χ0v) is 10.3. The predicted octanol–water partition coefficient (Wildman–Crippen LogP) is 4.41. The lowest BCUT2D eigenvalue weighted by molar-refractivity contribution is -0.136. The minimum absolute atomic E-state index is 0.00625. The number of pyridine rings is 1. The van der Waals surface area contributed by atoms with Gasteiger partial charge in [-0.1, -0.05) is 25.1 Å². The van der Waals surface area contributed by atoms with Gasteiger partial charge in [-0.05, 0) is 30.2 Å². The zero-order valence-electron chi connectivity index (χ0n) is 10.3. The number of benzene rings is 1. The average molecular weight is 266 g/mol. The highest BCUT2D eigenvalue weighted by Crippen LogP contribution is 2.35. The van der Waals surface area contributed by atoms with Crippen molar-refractivity contribution in [3.05, 3.63) is 53.7 Å². The average Bonchev–Trinajstić information content (AvgIpc) is 2.39. The van der Waals surface area contributed by atoms with E-state index in [0.717, 1.165) is 18.1 Å². The van der Waals surface area contributed by atoms with E-state index in [9.17, 15) is 13.2 Å². The summed E-state index contributed by atoms with van der Waals surface area (Å²) in [7, 11) is 0. The molecule has 1 heterocycles. The Hall–Kier alpha value is -2.04. The van der Waals surface area contributed by atoms with E-state index in [0.29, 0.717) is 5.82 Å². The molecule has 0 spiro atoms. The molecule has 2 aromatic rings. The lowest BCUT2D eigenvalue weighted by atomic mass is 10.1. The fourth-order valence-electron chi connectivity index (χ4n) is 1.68. The number of halogens is 3. The summed E-state index contributed by atoms with van der Waals surface area (Å²) in [5.74, 6) is 0.397. The van der Waals surface area contributed by atoms with E-state index in [-0.39, 0.29) is 5.69 Å². The van der Waals surface area contributed by atoms with E-state index in [1.165, 1.54) is 12.1 Å². The van der Waals surface area contributed by atoms with Gasteiger partial charge in [0, 0.05) is 6.20 Å². The number of rotatable bonds is 3. The molecule has 2 rings (SSSR count). The Morgan fingerprint density at radius 2 is 1.84 bits per heavy atom. The van der Waals surface area contributed by atoms with Crippen LogP contribution in [0.15, 0.2) is 42.6 Å². The summed E-state index contributed by atoms with van der Waals surface area (Å²) >= 11 is 0. The number of nitrogens with zero attached hydrogens (tertiary/aromatic N) is 1. The summed E-state index contributed by atoms with van der Waals surface area (Å²) in [6, 6.07) is 8.86. The Morgan fingerprint density at radius 1 is 1.11 bits per heavy atom. The summed E-state index contributed by atoms with van der Waals surface area (Å²) < 4.78 is 38.4. The molecule has 0 bridgehead atoms. The van der Waals surface area contributed by atoms with Crippen LogP contribution < -0.4 is 5.32 Å². The van der Waals surface area contributed by atoms with Crippen molar-refractivity contribution in [2.75, 3.05) is 5.32 Å². The number of aryl methyl sites for hydroxylation is 1. The topological polar surface area (TPSA) is 24.9 Å². The summed E-state index contributed by atoms with van der Waals surface area (Å²) in [5, 5.41) is 2.70. The van der Waals surface area contributed by atoms with Gasteiger partial charge in [0.15, 0.2) is 0 Å². The van der Waals surface area contributed by atoms with Gasteiger partial charge in [-0.3, -0.25) is 0 Å². The van der Waals surface area contributed by atoms with Crippen molar-refractivity contribution in [2.24, 2.45) is 0 Å². The van der Waals surface area contributed by atoms with Crippen LogP contribution in [-0.4, -0.2) is 4.98 Å². The quantitative estimate of drug-likeness (QED) is 0.890. The molecule has 1 N–H and O–H groups in total. The van der Waals surface area contributed by atoms with E-state index in [1.807, 2.05) is 13.0 Å². The second-order valence-electron chi connectivity index (χ2n) is 4.07. The minimum Gasteiger partial charge on any atom is -0.340 e. The number of nitrogens with one attached hydrogen (secondary N) is 1. The summed E-state index contributed by atoms with van der Waals surface area (Å²) in [4.78, 5) is 4.09. The molecule has 0 saturated carbocycles. The van der Waals surface area contributed by atoms with Crippen LogP contribution in [0.1, 0.15) is 18.1 Å². The SMILES string of the molecule is CCc1ccc(Nc2ccccc2C(F)(F)F)nc1. The summed E-state index contributed by atoms with van der Waals surface area (Å²) in [6.07, 6.45) is -1.89. The fourth-order valence-corrected chi connectivity index (χ4v) is 1.68. The van der Waals surface area contributed by atoms with Crippen LogP contribution in [-0.2, 0) is 12.6 Å². The maximum absolute atomic E-state index is 12.8. The van der Waals surface area contributed by atoms with Crippen molar-refractivity contribution in [3.8, 4) is 0 Å². The molecule has 0 unspecified atom stereocenters. The number of anilines is 2. The number of para-hydroxylation sites is 1. The van der Waals surface area contributed by atoms with Crippen LogP contribution in [0.3, 0.4) is 0 Å². The van der Waals surface area contributed by atoms with E-state index < -0.39 is 11.7 Å². The molecule has 100 valence electrons. The van der Waals surface area contributed by atoms with Crippen molar-refractivity contribution in [1.82, 2.24) is 4.98 Å². The highest BCUT2D eigenvalue weighted by Gasteiger charge is 2.33. The van der Waals surface area contributed by atoms with Gasteiger partial charge >= 0.3 is 6.18 Å². The Kier molecular flexibility index (Phi) is 3.74. The Bertz CT molecular complexity index is 547. The molecule has 0 aliphatic carbocycles. The number of hydrogen-bond donors (Lipinski definition) is 1. The molecule has 0 radical (unpaired) electrons. The molecule has 0 aliphatic rings. The molecular formula is C14H13F3N2. The molecule has 2 nitrogen and oxygen atoms in total. The van der Waals surface area contributed by atoms with Gasteiger partial charge in [0.05, 0.1) is 11.3 Å². The molecule has 19 heavy (non-hydrogen) atoms. The van der Waals surface area contributed by atoms with Crippen molar-refractivity contribution in [1.29, 1.82) is 0 Å². The molecule has 1 aromatic carbocycles. The van der Waals surface area contributed by atoms with Crippen LogP contribution in [0, 0.1) is 0 Å². The largest absolute Gasteiger partial charge is 0.418 e. The lowest BCUT2D eigenvalue weighted by Crippen LogP contribution is -2.08. The second-order valence-corrected chi connectivity index (χ2v) is 4.07. The normalized spacial score (nSPS) is 11.4. The molecular weight excluding hydrogens is 253 g/mol. The molecule has 5 heteroatoms. The third-order valence-corrected chi connectivity index (χ3v) is 2.73. The third kappa shape index (κ3) is 3.24. The van der Waals surface area contributed by atoms with Crippen LogP contribution >= 0.6 is 0 Å². The van der Waals surface area contributed by atoms with Crippen molar-refractivity contribution >= 4 is 11.5 Å². The third-order valence-electron chi connectivity index (χ3n) is 2.73. The highest BCUT2D eigenvalue weighted by molar-refractivity contribution is 5.61. The van der Waals surface area contributed by atoms with Crippen LogP contribution in [0.25, 0.3) is 0 Å². The smallest absolute Gasteiger partial charge is 0.340 e. The van der Waals surface area contributed by atoms with Crippen LogP contribution in [0.5, 0.6) is 0 Å². The molecule has 1 aromatic heterocycles. The standard InChI is InChI=1S/C14H13F3N2/c1-2-10-7-8-13(18-9-10)19-12-6-4-3-5-11(12)14(15,16)17/h3-9H,2H2,1H3,(H,18,19). The number of aromatic nitrogens is 1. The molecule has 0 atom stereocenters. The van der Waals surface area contributed by atoms with E-state index in [2.05, 4.69) is 10.3 Å². The van der Waals surface area contributed by atoms with Gasteiger partial charge in [-0.25, -0.2) is 4.98 Å². The van der Waals surface area contributed by atoms with E-state index in [4.69, 9.17) is 0 Å². The highest BCUT2D eigenvalue weighted by atomic mass is 19.4. The predicted molar refractivity (Wildman–Crippen MR) is 68.3 cm³/mol. The van der Waals surface area contributed by atoms with Crippen molar-refractivity contribution in [3.63, 3.8) is 0 Å². The first-order valence-electron chi connectivity index (χ1n) is 5.89. The minimum atomic E-state index is -4.38. The number of hydrogen-bond acceptors (Lipinski definition) is 2. The molecule has 0 amide bonds. The monoisotopic (exact) mass is 266 g/mol. The first kappa shape index (κ1) is 13.4. The summed E-state index contributed by atoms with van der Waals surface area (Å²) in [6.45, 7) is 1.99. The van der Waals surface area contributed by atoms with Gasteiger partial charge in [0.25, 0.3) is 0 Å². The molecule has 0 saturated heterocycles.